The van der Waals surface area contributed by atoms with Gasteiger partial charge in [-0.1, -0.05) is 52.0 Å². The van der Waals surface area contributed by atoms with Crippen LogP contribution in [0.5, 0.6) is 11.5 Å². The number of nitrogens with one attached hydrogen (secondary N) is 1. The quantitative estimate of drug-likeness (QED) is 0.281. The van der Waals surface area contributed by atoms with E-state index in [1.54, 1.807) is 20.3 Å². The monoisotopic (exact) mass is 373 g/mol. The molecule has 0 saturated heterocycles. The number of hydrogen-bond acceptors (Lipinski definition) is 3. The summed E-state index contributed by atoms with van der Waals surface area (Å²) in [7, 11) is 3.28. The number of unbranched alkanes of at least 4 members (excludes halogenated alkanes) is 5. The number of rotatable bonds is 13. The summed E-state index contributed by atoms with van der Waals surface area (Å²) in [5.41, 5.74) is 2.03. The van der Waals surface area contributed by atoms with Crippen LogP contribution in [0.15, 0.2) is 35.9 Å². The molecule has 1 aromatic carbocycles. The lowest BCUT2D eigenvalue weighted by molar-refractivity contribution is -0.116. The van der Waals surface area contributed by atoms with Crippen molar-refractivity contribution in [2.75, 3.05) is 20.8 Å². The maximum absolute atomic E-state index is 12.0. The lowest BCUT2D eigenvalue weighted by atomic mass is 10.1. The molecule has 0 unspecified atom stereocenters. The van der Waals surface area contributed by atoms with Crippen molar-refractivity contribution in [2.24, 2.45) is 0 Å². The minimum Gasteiger partial charge on any atom is -0.497 e. The van der Waals surface area contributed by atoms with Crippen molar-refractivity contribution >= 4 is 12.0 Å². The van der Waals surface area contributed by atoms with E-state index in [-0.39, 0.29) is 5.91 Å². The van der Waals surface area contributed by atoms with Gasteiger partial charge in [-0.3, -0.25) is 4.79 Å². The molecule has 0 aromatic heterocycles. The molecule has 0 saturated carbocycles. The van der Waals surface area contributed by atoms with E-state index in [2.05, 4.69) is 19.2 Å². The number of amides is 1. The van der Waals surface area contributed by atoms with Crippen molar-refractivity contribution in [1.82, 2.24) is 5.32 Å². The average molecular weight is 374 g/mol. The van der Waals surface area contributed by atoms with Crippen LogP contribution in [0.25, 0.3) is 6.08 Å². The van der Waals surface area contributed by atoms with Crippen LogP contribution >= 0.6 is 0 Å². The van der Waals surface area contributed by atoms with Crippen molar-refractivity contribution < 1.29 is 14.3 Å². The number of carbonyl (C=O) groups excluding carboxylic acids is 1. The Morgan fingerprint density at radius 3 is 2.41 bits per heavy atom. The summed E-state index contributed by atoms with van der Waals surface area (Å²) in [4.78, 5) is 12.0. The highest BCUT2D eigenvalue weighted by Crippen LogP contribution is 2.27. The molecule has 1 rings (SSSR count). The minimum absolute atomic E-state index is 0.0374. The van der Waals surface area contributed by atoms with Gasteiger partial charge in [-0.15, -0.1) is 0 Å². The second-order valence-corrected chi connectivity index (χ2v) is 6.57. The molecule has 1 N–H and O–H groups in total. The third-order valence-corrected chi connectivity index (χ3v) is 4.47. The van der Waals surface area contributed by atoms with Crippen LogP contribution in [0.1, 0.15) is 64.4 Å². The first kappa shape index (κ1) is 22.8. The molecule has 1 aromatic rings. The molecular formula is C23H35NO3. The first-order chi connectivity index (χ1) is 13.1. The van der Waals surface area contributed by atoms with Crippen molar-refractivity contribution in [1.29, 1.82) is 0 Å². The molecule has 150 valence electrons. The number of ether oxygens (including phenoxy) is 2. The zero-order chi connectivity index (χ0) is 19.9. The largest absolute Gasteiger partial charge is 0.497 e. The molecule has 0 radical (unpaired) electrons. The minimum atomic E-state index is -0.0374. The Kier molecular flexibility index (Phi) is 11.7. The van der Waals surface area contributed by atoms with Crippen LogP contribution in [-0.2, 0) is 4.79 Å². The van der Waals surface area contributed by atoms with Gasteiger partial charge >= 0.3 is 0 Å². The summed E-state index contributed by atoms with van der Waals surface area (Å²) in [6, 6.07) is 5.72. The second kappa shape index (κ2) is 13.9. The fourth-order valence-electron chi connectivity index (χ4n) is 2.76. The van der Waals surface area contributed by atoms with E-state index < -0.39 is 0 Å². The van der Waals surface area contributed by atoms with Gasteiger partial charge in [-0.05, 0) is 36.6 Å². The van der Waals surface area contributed by atoms with E-state index in [1.165, 1.54) is 32.1 Å². The second-order valence-electron chi connectivity index (χ2n) is 6.57. The van der Waals surface area contributed by atoms with E-state index in [1.807, 2.05) is 30.4 Å². The van der Waals surface area contributed by atoms with E-state index in [9.17, 15) is 4.79 Å². The number of allylic oxidation sites excluding steroid dienone is 2. The maximum Gasteiger partial charge on any atom is 0.243 e. The number of hydrogen-bond donors (Lipinski definition) is 1. The molecule has 1 amide bonds. The van der Waals surface area contributed by atoms with Gasteiger partial charge in [0.05, 0.1) is 14.2 Å². The normalized spacial score (nSPS) is 11.6. The third-order valence-electron chi connectivity index (χ3n) is 4.47. The topological polar surface area (TPSA) is 47.6 Å². The van der Waals surface area contributed by atoms with Gasteiger partial charge in [0.15, 0.2) is 0 Å². The van der Waals surface area contributed by atoms with Gasteiger partial charge in [0.2, 0.25) is 5.91 Å². The van der Waals surface area contributed by atoms with Gasteiger partial charge in [-0.25, -0.2) is 0 Å². The molecule has 0 aliphatic rings. The molecule has 4 heteroatoms. The van der Waals surface area contributed by atoms with Crippen LogP contribution in [0, 0.1) is 0 Å². The third kappa shape index (κ3) is 9.32. The summed E-state index contributed by atoms with van der Waals surface area (Å²) < 4.78 is 10.7. The molecular weight excluding hydrogens is 338 g/mol. The molecule has 0 heterocycles. The summed E-state index contributed by atoms with van der Waals surface area (Å²) in [6.07, 6.45) is 13.7. The SMILES string of the molecule is CCCCCCCCNC(=O)/C=C/C(=C/c1ccc(OC)cc1OC)CC. The highest BCUT2D eigenvalue weighted by atomic mass is 16.5. The van der Waals surface area contributed by atoms with Crippen molar-refractivity contribution in [3.63, 3.8) is 0 Å². The van der Waals surface area contributed by atoms with Crippen molar-refractivity contribution in [3.05, 3.63) is 41.5 Å². The average Bonchev–Trinajstić information content (AvgIpc) is 2.70. The first-order valence-electron chi connectivity index (χ1n) is 10.0. The van der Waals surface area contributed by atoms with Crippen LogP contribution < -0.4 is 14.8 Å². The van der Waals surface area contributed by atoms with Gasteiger partial charge in [0.25, 0.3) is 0 Å². The molecule has 0 atom stereocenters. The van der Waals surface area contributed by atoms with Crippen LogP contribution in [0.3, 0.4) is 0 Å². The van der Waals surface area contributed by atoms with E-state index in [0.717, 1.165) is 42.0 Å². The molecule has 27 heavy (non-hydrogen) atoms. The fourth-order valence-corrected chi connectivity index (χ4v) is 2.76. The van der Waals surface area contributed by atoms with Gasteiger partial charge in [-0.2, -0.15) is 0 Å². The Morgan fingerprint density at radius 1 is 1.00 bits per heavy atom. The van der Waals surface area contributed by atoms with E-state index in [0.29, 0.717) is 0 Å². The molecule has 0 aliphatic carbocycles. The smallest absolute Gasteiger partial charge is 0.243 e. The fraction of sp³-hybridized carbons (Fsp3) is 0.522. The highest BCUT2D eigenvalue weighted by Gasteiger charge is 2.04. The summed E-state index contributed by atoms with van der Waals surface area (Å²) >= 11 is 0. The summed E-state index contributed by atoms with van der Waals surface area (Å²) in [5.74, 6) is 1.47. The van der Waals surface area contributed by atoms with Crippen molar-refractivity contribution in [2.45, 2.75) is 58.8 Å². The zero-order valence-electron chi connectivity index (χ0n) is 17.3. The van der Waals surface area contributed by atoms with Crippen LogP contribution in [-0.4, -0.2) is 26.7 Å². The predicted molar refractivity (Wildman–Crippen MR) is 113 cm³/mol. The van der Waals surface area contributed by atoms with Gasteiger partial charge < -0.3 is 14.8 Å². The summed E-state index contributed by atoms with van der Waals surface area (Å²) in [5, 5.41) is 2.96. The predicted octanol–water partition coefficient (Wildman–Crippen LogP) is 5.53. The number of methoxy groups -OCH3 is 2. The molecule has 4 nitrogen and oxygen atoms in total. The molecule has 0 aliphatic heterocycles. The maximum atomic E-state index is 12.0. The van der Waals surface area contributed by atoms with Crippen LogP contribution in [0.4, 0.5) is 0 Å². The number of benzene rings is 1. The van der Waals surface area contributed by atoms with Gasteiger partial charge in [0, 0.05) is 24.3 Å². The Morgan fingerprint density at radius 2 is 1.74 bits per heavy atom. The van der Waals surface area contributed by atoms with Gasteiger partial charge in [0.1, 0.15) is 11.5 Å². The zero-order valence-corrected chi connectivity index (χ0v) is 17.3. The van der Waals surface area contributed by atoms with E-state index in [4.69, 9.17) is 9.47 Å². The molecule has 0 fully saturated rings. The standard InChI is InChI=1S/C23H35NO3/c1-5-7-8-9-10-11-16-24-23(25)15-12-19(6-2)17-20-13-14-21(26-3)18-22(20)27-4/h12-15,17-18H,5-11,16H2,1-4H3,(H,24,25)/b15-12+,19-17+. The Balaban J connectivity index is 2.54. The first-order valence-corrected chi connectivity index (χ1v) is 10.0. The molecule has 0 spiro atoms. The number of carbonyl (C=O) groups is 1. The van der Waals surface area contributed by atoms with Crippen LogP contribution in [0.2, 0.25) is 0 Å². The Labute approximate surface area is 164 Å². The lowest BCUT2D eigenvalue weighted by Crippen LogP contribution is -2.22. The summed E-state index contributed by atoms with van der Waals surface area (Å²) in [6.45, 7) is 5.03. The Hall–Kier alpha value is -2.23. The highest BCUT2D eigenvalue weighted by molar-refractivity contribution is 5.88. The Bertz CT molecular complexity index is 620. The lowest BCUT2D eigenvalue weighted by Gasteiger charge is -2.08. The molecule has 0 bridgehead atoms. The van der Waals surface area contributed by atoms with Crippen molar-refractivity contribution in [3.8, 4) is 11.5 Å². The van der Waals surface area contributed by atoms with E-state index >= 15 is 0 Å².